The van der Waals surface area contributed by atoms with Crippen LogP contribution in [0.3, 0.4) is 0 Å². The number of halogens is 1. The molecule has 1 aliphatic carbocycles. The number of rotatable bonds is 19. The zero-order valence-corrected chi connectivity index (χ0v) is 43.6. The summed E-state index contributed by atoms with van der Waals surface area (Å²) < 4.78 is 14.4. The SMILES string of the molecule is CCc1cnn2c(NCc3ccc(OCCCN4CCN(CC5CCN(c6ccc(C(=O)NC7C(C)(C)C(Oc8ccc(C#N)c(Cl)c8)C7(C)C)cn6)CC5)CC4)nc3)cc(N3CCCC[C@@H]3CCO)nc12. The summed E-state index contributed by atoms with van der Waals surface area (Å²) in [6.45, 7) is 21.3. The number of piperazine rings is 1. The Morgan fingerprint density at radius 1 is 0.903 bits per heavy atom. The molecule has 72 heavy (non-hydrogen) atoms. The second kappa shape index (κ2) is 22.6. The van der Waals surface area contributed by atoms with Crippen molar-refractivity contribution in [2.24, 2.45) is 16.7 Å². The molecule has 1 saturated carbocycles. The van der Waals surface area contributed by atoms with E-state index in [0.29, 0.717) is 46.8 Å². The Hall–Kier alpha value is -5.73. The number of aryl methyl sites for hydroxylation is 1. The molecule has 3 N–H and O–H groups in total. The molecule has 5 aromatic rings. The number of pyridine rings is 2. The van der Waals surface area contributed by atoms with Gasteiger partial charge in [0.15, 0.2) is 5.65 Å². The molecule has 0 bridgehead atoms. The van der Waals surface area contributed by atoms with Gasteiger partial charge in [-0.25, -0.2) is 15.0 Å². The Morgan fingerprint density at radius 3 is 2.39 bits per heavy atom. The number of nitriles is 1. The molecule has 4 aromatic heterocycles. The van der Waals surface area contributed by atoms with Gasteiger partial charge in [0.1, 0.15) is 35.4 Å². The molecule has 1 atom stereocenters. The van der Waals surface area contributed by atoms with E-state index in [1.165, 1.54) is 6.42 Å². The molecule has 16 nitrogen and oxygen atoms in total. The number of carbonyl (C=O) groups is 1. The van der Waals surface area contributed by atoms with Gasteiger partial charge in [-0.15, -0.1) is 0 Å². The highest BCUT2D eigenvalue weighted by Gasteiger charge is 2.64. The average molecular weight is 1000 g/mol. The number of aliphatic hydroxyl groups is 1. The number of aromatic nitrogens is 5. The first-order chi connectivity index (χ1) is 34.8. The molecule has 4 fully saturated rings. The number of nitrogens with one attached hydrogen (secondary N) is 2. The van der Waals surface area contributed by atoms with Crippen LogP contribution in [0.2, 0.25) is 5.02 Å². The Morgan fingerprint density at radius 2 is 1.69 bits per heavy atom. The summed E-state index contributed by atoms with van der Waals surface area (Å²) in [5.41, 5.74) is 3.30. The minimum atomic E-state index is -0.349. The number of nitrogens with zero attached hydrogens (tertiary/aromatic N) is 10. The van der Waals surface area contributed by atoms with Crippen molar-refractivity contribution in [2.45, 2.75) is 111 Å². The van der Waals surface area contributed by atoms with Crippen molar-refractivity contribution < 1.29 is 19.4 Å². The van der Waals surface area contributed by atoms with Gasteiger partial charge in [0.25, 0.3) is 5.91 Å². The van der Waals surface area contributed by atoms with E-state index in [-0.39, 0.29) is 41.5 Å². The third kappa shape index (κ3) is 11.4. The first kappa shape index (κ1) is 51.2. The predicted molar refractivity (Wildman–Crippen MR) is 282 cm³/mol. The third-order valence-corrected chi connectivity index (χ3v) is 16.1. The fourth-order valence-electron chi connectivity index (χ4n) is 12.0. The number of piperidine rings is 2. The van der Waals surface area contributed by atoms with Crippen LogP contribution in [0, 0.1) is 28.1 Å². The highest BCUT2D eigenvalue weighted by molar-refractivity contribution is 6.31. The van der Waals surface area contributed by atoms with Crippen molar-refractivity contribution in [3.05, 3.63) is 94.4 Å². The second-order valence-corrected chi connectivity index (χ2v) is 21.9. The van der Waals surface area contributed by atoms with Gasteiger partial charge < -0.3 is 44.8 Å². The van der Waals surface area contributed by atoms with Gasteiger partial charge in [0, 0.05) is 131 Å². The highest BCUT2D eigenvalue weighted by Crippen LogP contribution is 2.55. The van der Waals surface area contributed by atoms with Crippen LogP contribution in [-0.4, -0.2) is 136 Å². The number of ether oxygens (including phenoxy) is 2. The van der Waals surface area contributed by atoms with Gasteiger partial charge in [0.05, 0.1) is 29.0 Å². The molecular formula is C55H73ClN12O4. The van der Waals surface area contributed by atoms with Crippen LogP contribution >= 0.6 is 11.6 Å². The number of anilines is 3. The molecule has 0 spiro atoms. The van der Waals surface area contributed by atoms with E-state index in [1.807, 2.05) is 35.1 Å². The van der Waals surface area contributed by atoms with Crippen molar-refractivity contribution in [2.75, 3.05) is 87.2 Å². The highest BCUT2D eigenvalue weighted by atomic mass is 35.5. The standard InChI is InChI=1S/C55H73ClN12O4/c1-6-40-36-61-68-47(31-48(62-50(40)68)67-21-8-7-10-43(67)19-28-69)58-33-39-11-16-49(60-34-39)71-29-9-20-64-24-26-65(27-25-64)37-38-17-22-66(23-18-38)46-15-13-42(35-59-46)51(70)63-52-54(2,3)53(55(52,4)5)72-44-14-12-41(32-57)45(56)30-44/h11-16,30-31,34-36,38,43,52-53,58,69H,6-10,17-29,33,37H2,1-5H3,(H,63,70)/t43-,52?,53?/m1/s1. The summed E-state index contributed by atoms with van der Waals surface area (Å²) in [5, 5.41) is 30.9. The maximum atomic E-state index is 13.5. The first-order valence-electron chi connectivity index (χ1n) is 26.2. The van der Waals surface area contributed by atoms with Gasteiger partial charge in [-0.1, -0.05) is 52.3 Å². The number of amides is 1. The average Bonchev–Trinajstić information content (AvgIpc) is 3.82. The van der Waals surface area contributed by atoms with E-state index >= 15 is 0 Å². The van der Waals surface area contributed by atoms with Crippen molar-refractivity contribution >= 4 is 40.6 Å². The molecule has 384 valence electrons. The second-order valence-electron chi connectivity index (χ2n) is 21.5. The molecule has 4 aliphatic rings. The van der Waals surface area contributed by atoms with Crippen molar-refractivity contribution in [3.8, 4) is 17.7 Å². The summed E-state index contributed by atoms with van der Waals surface area (Å²) in [6.07, 6.45) is 13.5. The van der Waals surface area contributed by atoms with Gasteiger partial charge in [0.2, 0.25) is 5.88 Å². The van der Waals surface area contributed by atoms with Crippen LogP contribution < -0.4 is 29.9 Å². The normalized spacial score (nSPS) is 21.5. The lowest BCUT2D eigenvalue weighted by atomic mass is 9.49. The summed E-state index contributed by atoms with van der Waals surface area (Å²) in [7, 11) is 0. The van der Waals surface area contributed by atoms with Gasteiger partial charge in [-0.2, -0.15) is 14.9 Å². The van der Waals surface area contributed by atoms with E-state index < -0.39 is 0 Å². The van der Waals surface area contributed by atoms with E-state index in [2.05, 4.69) is 93.1 Å². The number of aliphatic hydroxyl groups excluding tert-OH is 1. The molecule has 0 unspecified atom stereocenters. The molecule has 3 saturated heterocycles. The summed E-state index contributed by atoms with van der Waals surface area (Å²) in [6, 6.07) is 17.4. The Balaban J connectivity index is 0.658. The minimum Gasteiger partial charge on any atom is -0.489 e. The number of hydrogen-bond donors (Lipinski definition) is 3. The first-order valence-corrected chi connectivity index (χ1v) is 26.6. The molecule has 9 rings (SSSR count). The lowest BCUT2D eigenvalue weighted by molar-refractivity contribution is -0.164. The molecule has 1 amide bonds. The number of carbonyl (C=O) groups excluding carboxylic acids is 1. The summed E-state index contributed by atoms with van der Waals surface area (Å²) in [4.78, 5) is 37.9. The van der Waals surface area contributed by atoms with Gasteiger partial charge >= 0.3 is 0 Å². The van der Waals surface area contributed by atoms with Crippen molar-refractivity contribution in [3.63, 3.8) is 0 Å². The van der Waals surface area contributed by atoms with Crippen LogP contribution in [-0.2, 0) is 13.0 Å². The Bertz CT molecular complexity index is 2640. The maximum absolute atomic E-state index is 13.5. The molecule has 0 radical (unpaired) electrons. The predicted octanol–water partition coefficient (Wildman–Crippen LogP) is 7.88. The zero-order chi connectivity index (χ0) is 50.4. The lowest BCUT2D eigenvalue weighted by Gasteiger charge is -2.63. The van der Waals surface area contributed by atoms with E-state index in [4.69, 9.17) is 31.0 Å². The van der Waals surface area contributed by atoms with Crippen LogP contribution in [0.25, 0.3) is 5.65 Å². The molecule has 7 heterocycles. The quantitative estimate of drug-likeness (QED) is 0.0683. The van der Waals surface area contributed by atoms with E-state index in [0.717, 1.165) is 138 Å². The maximum Gasteiger partial charge on any atom is 0.253 e. The van der Waals surface area contributed by atoms with Crippen LogP contribution in [0.15, 0.2) is 67.1 Å². The smallest absolute Gasteiger partial charge is 0.253 e. The number of hydrogen-bond acceptors (Lipinski definition) is 14. The van der Waals surface area contributed by atoms with Gasteiger partial charge in [-0.05, 0) is 87.1 Å². The topological polar surface area (TPSA) is 173 Å². The number of fused-ring (bicyclic) bond motifs is 1. The Kier molecular flexibility index (Phi) is 16.1. The van der Waals surface area contributed by atoms with E-state index in [1.54, 1.807) is 24.4 Å². The Labute approximate surface area is 430 Å². The summed E-state index contributed by atoms with van der Waals surface area (Å²) in [5.74, 6) is 4.52. The van der Waals surface area contributed by atoms with Crippen LogP contribution in [0.4, 0.5) is 17.5 Å². The fraction of sp³-hybridized carbons (Fsp3) is 0.564. The minimum absolute atomic E-state index is 0.127. The van der Waals surface area contributed by atoms with Crippen molar-refractivity contribution in [1.29, 1.82) is 5.26 Å². The third-order valence-electron chi connectivity index (χ3n) is 15.8. The molecule has 1 aromatic carbocycles. The van der Waals surface area contributed by atoms with Gasteiger partial charge in [-0.3, -0.25) is 4.79 Å². The molecule has 17 heteroatoms. The van der Waals surface area contributed by atoms with Crippen LogP contribution in [0.1, 0.15) is 107 Å². The summed E-state index contributed by atoms with van der Waals surface area (Å²) >= 11 is 6.28. The zero-order valence-electron chi connectivity index (χ0n) is 42.8. The molecular weight excluding hydrogens is 928 g/mol. The largest absolute Gasteiger partial charge is 0.489 e. The fourth-order valence-corrected chi connectivity index (χ4v) is 12.2. The van der Waals surface area contributed by atoms with Crippen LogP contribution in [0.5, 0.6) is 11.6 Å². The van der Waals surface area contributed by atoms with E-state index in [9.17, 15) is 15.2 Å². The lowest BCUT2D eigenvalue weighted by Crippen LogP contribution is -2.74. The number of benzene rings is 1. The van der Waals surface area contributed by atoms with Crippen molar-refractivity contribution in [1.82, 2.24) is 39.7 Å². The monoisotopic (exact) mass is 1000 g/mol. The molecule has 3 aliphatic heterocycles.